The molecule has 24 heavy (non-hydrogen) atoms. The van der Waals surface area contributed by atoms with E-state index in [-0.39, 0.29) is 25.5 Å². The van der Waals surface area contributed by atoms with Gasteiger partial charge in [-0.3, -0.25) is 9.59 Å². The van der Waals surface area contributed by atoms with Crippen LogP contribution in [-0.4, -0.2) is 25.1 Å². The third-order valence-electron chi connectivity index (χ3n) is 3.47. The predicted molar refractivity (Wildman–Crippen MR) is 92.1 cm³/mol. The maximum Gasteiger partial charge on any atom is 0.309 e. The molecule has 126 valence electrons. The summed E-state index contributed by atoms with van der Waals surface area (Å²) in [5.74, 6) is -0.144. The Morgan fingerprint density at radius 2 is 1.75 bits per heavy atom. The van der Waals surface area contributed by atoms with Crippen molar-refractivity contribution < 1.29 is 19.1 Å². The van der Waals surface area contributed by atoms with E-state index in [0.717, 1.165) is 11.1 Å². The molecule has 0 saturated heterocycles. The first kappa shape index (κ1) is 17.5. The maximum absolute atomic E-state index is 11.8. The minimum absolute atomic E-state index is 0.0891. The lowest BCUT2D eigenvalue weighted by Crippen LogP contribution is -2.21. The van der Waals surface area contributed by atoms with E-state index in [9.17, 15) is 9.59 Å². The molecular weight excluding hydrogens is 306 g/mol. The molecule has 0 radical (unpaired) electrons. The highest BCUT2D eigenvalue weighted by Gasteiger charge is 2.08. The fraction of sp³-hybridized carbons (Fsp3) is 0.263. The summed E-state index contributed by atoms with van der Waals surface area (Å²) in [4.78, 5) is 23.4. The first-order chi connectivity index (χ1) is 11.5. The van der Waals surface area contributed by atoms with Gasteiger partial charge in [0.05, 0.1) is 13.0 Å². The van der Waals surface area contributed by atoms with Crippen molar-refractivity contribution in [3.8, 4) is 5.75 Å². The van der Waals surface area contributed by atoms with Gasteiger partial charge in [0.1, 0.15) is 5.75 Å². The van der Waals surface area contributed by atoms with E-state index < -0.39 is 5.97 Å². The first-order valence-corrected chi connectivity index (χ1v) is 7.75. The Morgan fingerprint density at radius 1 is 1.00 bits per heavy atom. The third kappa shape index (κ3) is 5.76. The number of anilines is 1. The fourth-order valence-corrected chi connectivity index (χ4v) is 2.00. The molecule has 5 nitrogen and oxygen atoms in total. The average Bonchev–Trinajstić information content (AvgIpc) is 2.57. The molecule has 0 saturated carbocycles. The normalized spacial score (nSPS) is 10.1. The minimum Gasteiger partial charge on any atom is -0.493 e. The number of hydrogen-bond acceptors (Lipinski definition) is 4. The smallest absolute Gasteiger partial charge is 0.309 e. The van der Waals surface area contributed by atoms with Crippen molar-refractivity contribution in [1.29, 1.82) is 0 Å². The zero-order valence-electron chi connectivity index (χ0n) is 13.9. The first-order valence-electron chi connectivity index (χ1n) is 7.75. The van der Waals surface area contributed by atoms with Crippen molar-refractivity contribution in [3.63, 3.8) is 0 Å². The number of para-hydroxylation sites is 1. The zero-order chi connectivity index (χ0) is 17.4. The molecule has 0 aromatic heterocycles. The summed E-state index contributed by atoms with van der Waals surface area (Å²) in [6.45, 7) is 3.87. The van der Waals surface area contributed by atoms with E-state index in [1.165, 1.54) is 0 Å². The van der Waals surface area contributed by atoms with Gasteiger partial charge in [-0.1, -0.05) is 24.3 Å². The van der Waals surface area contributed by atoms with Gasteiger partial charge in [0.2, 0.25) is 0 Å². The Kier molecular flexibility index (Phi) is 6.37. The molecule has 1 N–H and O–H groups in total. The average molecular weight is 327 g/mol. The Labute approximate surface area is 141 Å². The summed E-state index contributed by atoms with van der Waals surface area (Å²) in [6, 6.07) is 14.8. The summed E-state index contributed by atoms with van der Waals surface area (Å²) < 4.78 is 10.3. The summed E-state index contributed by atoms with van der Waals surface area (Å²) in [5.41, 5.74) is 2.92. The Bertz CT molecular complexity index is 698. The molecule has 0 fully saturated rings. The Balaban J connectivity index is 1.67. The topological polar surface area (TPSA) is 64.6 Å². The van der Waals surface area contributed by atoms with Gasteiger partial charge in [0.25, 0.3) is 5.91 Å². The largest absolute Gasteiger partial charge is 0.493 e. The highest BCUT2D eigenvalue weighted by molar-refractivity contribution is 5.92. The summed E-state index contributed by atoms with van der Waals surface area (Å²) in [5, 5.41) is 2.70. The number of carbonyl (C=O) groups is 2. The van der Waals surface area contributed by atoms with Crippen molar-refractivity contribution >= 4 is 17.6 Å². The van der Waals surface area contributed by atoms with Gasteiger partial charge in [-0.15, -0.1) is 0 Å². The molecule has 0 aliphatic rings. The molecule has 0 atom stereocenters. The Morgan fingerprint density at radius 3 is 2.46 bits per heavy atom. The van der Waals surface area contributed by atoms with Crippen molar-refractivity contribution in [2.75, 3.05) is 18.5 Å². The van der Waals surface area contributed by atoms with Crippen LogP contribution in [0, 0.1) is 13.8 Å². The van der Waals surface area contributed by atoms with Crippen molar-refractivity contribution in [3.05, 3.63) is 59.7 Å². The molecule has 0 heterocycles. The second-order valence-electron chi connectivity index (χ2n) is 5.42. The van der Waals surface area contributed by atoms with Crippen LogP contribution in [0.15, 0.2) is 48.5 Å². The zero-order valence-corrected chi connectivity index (χ0v) is 13.9. The van der Waals surface area contributed by atoms with E-state index >= 15 is 0 Å². The number of esters is 1. The van der Waals surface area contributed by atoms with Crippen LogP contribution in [0.25, 0.3) is 0 Å². The molecule has 0 aliphatic heterocycles. The Hall–Kier alpha value is -2.82. The van der Waals surface area contributed by atoms with Crippen LogP contribution in [0.5, 0.6) is 5.75 Å². The number of benzene rings is 2. The molecule has 2 rings (SSSR count). The second-order valence-corrected chi connectivity index (χ2v) is 5.42. The minimum atomic E-state index is -0.471. The van der Waals surface area contributed by atoms with E-state index in [0.29, 0.717) is 11.4 Å². The molecule has 5 heteroatoms. The number of carbonyl (C=O) groups excluding carboxylic acids is 2. The van der Waals surface area contributed by atoms with E-state index in [4.69, 9.17) is 9.47 Å². The lowest BCUT2D eigenvalue weighted by atomic mass is 10.1. The molecule has 2 aromatic rings. The summed E-state index contributed by atoms with van der Waals surface area (Å²) in [6.07, 6.45) is 0.0891. The van der Waals surface area contributed by atoms with Gasteiger partial charge >= 0.3 is 5.97 Å². The van der Waals surface area contributed by atoms with Crippen LogP contribution in [0.1, 0.15) is 17.5 Å². The molecule has 0 unspecified atom stereocenters. The van der Waals surface area contributed by atoms with Crippen molar-refractivity contribution in [2.45, 2.75) is 20.3 Å². The lowest BCUT2D eigenvalue weighted by Gasteiger charge is -2.09. The molecule has 2 aromatic carbocycles. The van der Waals surface area contributed by atoms with Crippen LogP contribution >= 0.6 is 0 Å². The van der Waals surface area contributed by atoms with E-state index in [1.54, 1.807) is 0 Å². The van der Waals surface area contributed by atoms with Crippen molar-refractivity contribution in [1.82, 2.24) is 0 Å². The van der Waals surface area contributed by atoms with Gasteiger partial charge in [-0.25, -0.2) is 0 Å². The van der Waals surface area contributed by atoms with Crippen LogP contribution in [0.2, 0.25) is 0 Å². The van der Waals surface area contributed by atoms with Gasteiger partial charge in [-0.05, 0) is 49.2 Å². The number of ether oxygens (including phenoxy) is 2. The maximum atomic E-state index is 11.8. The van der Waals surface area contributed by atoms with Gasteiger partial charge in [0.15, 0.2) is 6.61 Å². The third-order valence-corrected chi connectivity index (χ3v) is 3.47. The molecule has 0 aliphatic carbocycles. The number of hydrogen-bond donors (Lipinski definition) is 1. The van der Waals surface area contributed by atoms with E-state index in [1.807, 2.05) is 62.4 Å². The van der Waals surface area contributed by atoms with Crippen LogP contribution in [-0.2, 0) is 14.3 Å². The summed E-state index contributed by atoms with van der Waals surface area (Å²) in [7, 11) is 0. The molecule has 1 amide bonds. The van der Waals surface area contributed by atoms with Crippen LogP contribution in [0.4, 0.5) is 5.69 Å². The van der Waals surface area contributed by atoms with Crippen LogP contribution in [0.3, 0.4) is 0 Å². The predicted octanol–water partition coefficient (Wildman–Crippen LogP) is 3.25. The molecular formula is C19H21NO4. The molecule has 0 spiro atoms. The standard InChI is InChI=1S/C19H21NO4/c1-14-8-9-16(12-15(14)2)20-18(21)13-24-19(22)10-11-23-17-6-4-3-5-7-17/h3-9,12H,10-11,13H2,1-2H3,(H,20,21). The number of nitrogens with one attached hydrogen (secondary N) is 1. The summed E-state index contributed by atoms with van der Waals surface area (Å²) >= 11 is 0. The quantitative estimate of drug-likeness (QED) is 0.793. The SMILES string of the molecule is Cc1ccc(NC(=O)COC(=O)CCOc2ccccc2)cc1C. The van der Waals surface area contributed by atoms with Gasteiger partial charge < -0.3 is 14.8 Å². The highest BCUT2D eigenvalue weighted by atomic mass is 16.5. The van der Waals surface area contributed by atoms with Crippen LogP contribution < -0.4 is 10.1 Å². The van der Waals surface area contributed by atoms with Gasteiger partial charge in [0, 0.05) is 5.69 Å². The fourth-order valence-electron chi connectivity index (χ4n) is 2.00. The van der Waals surface area contributed by atoms with Gasteiger partial charge in [-0.2, -0.15) is 0 Å². The monoisotopic (exact) mass is 327 g/mol. The van der Waals surface area contributed by atoms with Crippen molar-refractivity contribution in [2.24, 2.45) is 0 Å². The lowest BCUT2D eigenvalue weighted by molar-refractivity contribution is -0.147. The molecule has 0 bridgehead atoms. The highest BCUT2D eigenvalue weighted by Crippen LogP contribution is 2.14. The second kappa shape index (κ2) is 8.72. The van der Waals surface area contributed by atoms with E-state index in [2.05, 4.69) is 5.32 Å². The number of rotatable bonds is 7. The number of amides is 1. The number of aryl methyl sites for hydroxylation is 2.